The minimum atomic E-state index is -0.0964. The highest BCUT2D eigenvalue weighted by molar-refractivity contribution is 9.10. The Kier molecular flexibility index (Phi) is 6.74. The zero-order valence-corrected chi connectivity index (χ0v) is 18.3. The third-order valence-corrected chi connectivity index (χ3v) is 5.28. The molecule has 0 spiro atoms. The molecule has 0 bridgehead atoms. The van der Waals surface area contributed by atoms with Crippen LogP contribution in [0.5, 0.6) is 5.75 Å². The summed E-state index contributed by atoms with van der Waals surface area (Å²) < 4.78 is 6.70. The Bertz CT molecular complexity index is 967. The molecule has 28 heavy (non-hydrogen) atoms. The Labute approximate surface area is 176 Å². The molecule has 1 aromatic heterocycles. The maximum Gasteiger partial charge on any atom is 0.234 e. The van der Waals surface area contributed by atoms with Gasteiger partial charge in [-0.15, -0.1) is 5.10 Å². The maximum absolute atomic E-state index is 12.3. The van der Waals surface area contributed by atoms with E-state index in [-0.39, 0.29) is 11.7 Å². The van der Waals surface area contributed by atoms with Crippen LogP contribution < -0.4 is 10.1 Å². The van der Waals surface area contributed by atoms with Gasteiger partial charge in [-0.2, -0.15) is 0 Å². The zero-order valence-electron chi connectivity index (χ0n) is 15.9. The number of aromatic nitrogens is 3. The van der Waals surface area contributed by atoms with Crippen LogP contribution in [0.3, 0.4) is 0 Å². The van der Waals surface area contributed by atoms with E-state index in [1.807, 2.05) is 57.2 Å². The van der Waals surface area contributed by atoms with E-state index in [4.69, 9.17) is 4.74 Å². The Hall–Kier alpha value is -2.32. The van der Waals surface area contributed by atoms with E-state index in [1.54, 1.807) is 0 Å². The third kappa shape index (κ3) is 5.59. The van der Waals surface area contributed by atoms with Crippen LogP contribution in [0.4, 0.5) is 5.69 Å². The van der Waals surface area contributed by atoms with Crippen molar-refractivity contribution < 1.29 is 9.53 Å². The number of carbonyl (C=O) groups excluding carboxylic acids is 1. The predicted molar refractivity (Wildman–Crippen MR) is 115 cm³/mol. The van der Waals surface area contributed by atoms with Gasteiger partial charge in [0.25, 0.3) is 0 Å². The summed E-state index contributed by atoms with van der Waals surface area (Å²) in [6.07, 6.45) is 0. The summed E-state index contributed by atoms with van der Waals surface area (Å²) in [5.74, 6) is 1.53. The van der Waals surface area contributed by atoms with E-state index in [9.17, 15) is 4.79 Å². The van der Waals surface area contributed by atoms with Crippen molar-refractivity contribution in [1.82, 2.24) is 15.2 Å². The highest BCUT2D eigenvalue weighted by Gasteiger charge is 2.11. The van der Waals surface area contributed by atoms with Crippen LogP contribution in [0.2, 0.25) is 0 Å². The van der Waals surface area contributed by atoms with Gasteiger partial charge in [0.1, 0.15) is 12.4 Å². The fourth-order valence-corrected chi connectivity index (χ4v) is 3.98. The number of hydrogen-bond acceptors (Lipinski definition) is 5. The lowest BCUT2D eigenvalue weighted by Gasteiger charge is -2.11. The summed E-state index contributed by atoms with van der Waals surface area (Å²) in [5.41, 5.74) is 4.00. The second kappa shape index (κ2) is 9.25. The number of carbonyl (C=O) groups is 1. The number of nitrogens with one attached hydrogen (secondary N) is 2. The second-order valence-electron chi connectivity index (χ2n) is 6.42. The van der Waals surface area contributed by atoms with Crippen LogP contribution in [-0.4, -0.2) is 26.8 Å². The number of amides is 1. The topological polar surface area (TPSA) is 79.9 Å². The van der Waals surface area contributed by atoms with Gasteiger partial charge in [0.2, 0.25) is 11.1 Å². The number of aromatic amines is 1. The van der Waals surface area contributed by atoms with Gasteiger partial charge in [-0.25, -0.2) is 4.98 Å². The molecule has 0 saturated heterocycles. The molecule has 0 saturated carbocycles. The number of nitrogens with zero attached hydrogens (tertiary/aromatic N) is 2. The lowest BCUT2D eigenvalue weighted by molar-refractivity contribution is -0.113. The summed E-state index contributed by atoms with van der Waals surface area (Å²) in [4.78, 5) is 16.6. The van der Waals surface area contributed by atoms with Gasteiger partial charge in [-0.05, 0) is 61.7 Å². The first-order valence-electron chi connectivity index (χ1n) is 8.71. The Morgan fingerprint density at radius 3 is 2.68 bits per heavy atom. The van der Waals surface area contributed by atoms with E-state index < -0.39 is 0 Å². The van der Waals surface area contributed by atoms with Crippen molar-refractivity contribution in [2.45, 2.75) is 32.5 Å². The summed E-state index contributed by atoms with van der Waals surface area (Å²) in [7, 11) is 0. The number of hydrogen-bond donors (Lipinski definition) is 2. The van der Waals surface area contributed by atoms with Crippen molar-refractivity contribution in [3.63, 3.8) is 0 Å². The lowest BCUT2D eigenvalue weighted by Crippen LogP contribution is -2.16. The first-order valence-corrected chi connectivity index (χ1v) is 10.5. The molecule has 3 rings (SSSR count). The minimum absolute atomic E-state index is 0.0964. The molecule has 0 radical (unpaired) electrons. The van der Waals surface area contributed by atoms with E-state index in [0.29, 0.717) is 17.6 Å². The second-order valence-corrected chi connectivity index (χ2v) is 8.28. The SMILES string of the molecule is Cc1cccc(OCc2nc(SCC(=O)Nc3c(C)cc(Br)cc3C)n[nH]2)c1. The van der Waals surface area contributed by atoms with Gasteiger partial charge in [0.15, 0.2) is 5.82 Å². The molecular formula is C20H21BrN4O2S. The predicted octanol–water partition coefficient (Wildman–Crippen LogP) is 4.80. The molecule has 0 aliphatic carbocycles. The quantitative estimate of drug-likeness (QED) is 0.494. The van der Waals surface area contributed by atoms with Crippen molar-refractivity contribution in [2.24, 2.45) is 0 Å². The summed E-state index contributed by atoms with van der Waals surface area (Å²) in [5, 5.41) is 10.5. The molecule has 1 heterocycles. The molecule has 8 heteroatoms. The first-order chi connectivity index (χ1) is 13.4. The molecule has 146 valence electrons. The highest BCUT2D eigenvalue weighted by Crippen LogP contribution is 2.25. The first kappa shape index (κ1) is 20.4. The molecule has 0 fully saturated rings. The van der Waals surface area contributed by atoms with E-state index in [2.05, 4.69) is 36.4 Å². The number of anilines is 1. The molecule has 0 unspecified atom stereocenters. The van der Waals surface area contributed by atoms with E-state index in [0.717, 1.165) is 32.6 Å². The van der Waals surface area contributed by atoms with Gasteiger partial charge >= 0.3 is 0 Å². The zero-order chi connectivity index (χ0) is 20.1. The molecular weight excluding hydrogens is 440 g/mol. The van der Waals surface area contributed by atoms with E-state index in [1.165, 1.54) is 11.8 Å². The average molecular weight is 461 g/mol. The maximum atomic E-state index is 12.3. The average Bonchev–Trinajstić information content (AvgIpc) is 3.09. The van der Waals surface area contributed by atoms with Crippen molar-refractivity contribution in [3.8, 4) is 5.75 Å². The number of rotatable bonds is 7. The fourth-order valence-electron chi connectivity index (χ4n) is 2.68. The van der Waals surface area contributed by atoms with Crippen molar-refractivity contribution in [1.29, 1.82) is 0 Å². The molecule has 0 atom stereocenters. The van der Waals surface area contributed by atoms with Crippen LogP contribution in [0.15, 0.2) is 46.0 Å². The van der Waals surface area contributed by atoms with Gasteiger partial charge in [0.05, 0.1) is 5.75 Å². The Balaban J connectivity index is 1.51. The number of thioether (sulfide) groups is 1. The molecule has 2 N–H and O–H groups in total. The van der Waals surface area contributed by atoms with Crippen LogP contribution in [-0.2, 0) is 11.4 Å². The summed E-state index contributed by atoms with van der Waals surface area (Å²) in [6.45, 7) is 6.24. The van der Waals surface area contributed by atoms with E-state index >= 15 is 0 Å². The molecule has 2 aromatic carbocycles. The van der Waals surface area contributed by atoms with Gasteiger partial charge in [0, 0.05) is 10.2 Å². The number of aryl methyl sites for hydroxylation is 3. The van der Waals surface area contributed by atoms with Crippen LogP contribution >= 0.6 is 27.7 Å². The van der Waals surface area contributed by atoms with Crippen LogP contribution in [0, 0.1) is 20.8 Å². The fraction of sp³-hybridized carbons (Fsp3) is 0.250. The molecule has 3 aromatic rings. The number of H-pyrrole nitrogens is 1. The Morgan fingerprint density at radius 2 is 1.96 bits per heavy atom. The standard InChI is InChI=1S/C20H21BrN4O2S/c1-12-5-4-6-16(7-12)27-10-17-22-20(25-24-17)28-11-18(26)23-19-13(2)8-15(21)9-14(19)3/h4-9H,10-11H2,1-3H3,(H,23,26)(H,22,24,25). The molecule has 0 aliphatic rings. The number of benzene rings is 2. The van der Waals surface area contributed by atoms with Gasteiger partial charge < -0.3 is 10.1 Å². The van der Waals surface area contributed by atoms with Crippen LogP contribution in [0.25, 0.3) is 0 Å². The van der Waals surface area contributed by atoms with Gasteiger partial charge in [-0.3, -0.25) is 9.89 Å². The number of ether oxygens (including phenoxy) is 1. The summed E-state index contributed by atoms with van der Waals surface area (Å²) in [6, 6.07) is 11.8. The number of halogens is 1. The van der Waals surface area contributed by atoms with Crippen molar-refractivity contribution in [3.05, 3.63) is 63.4 Å². The smallest absolute Gasteiger partial charge is 0.234 e. The lowest BCUT2D eigenvalue weighted by atomic mass is 10.1. The van der Waals surface area contributed by atoms with Crippen molar-refractivity contribution in [2.75, 3.05) is 11.1 Å². The third-order valence-electron chi connectivity index (χ3n) is 3.97. The highest BCUT2D eigenvalue weighted by atomic mass is 79.9. The molecule has 0 aliphatic heterocycles. The normalized spacial score (nSPS) is 10.7. The van der Waals surface area contributed by atoms with Crippen molar-refractivity contribution >= 4 is 39.3 Å². The van der Waals surface area contributed by atoms with Gasteiger partial charge in [-0.1, -0.05) is 39.8 Å². The monoisotopic (exact) mass is 460 g/mol. The molecule has 6 nitrogen and oxygen atoms in total. The largest absolute Gasteiger partial charge is 0.486 e. The van der Waals surface area contributed by atoms with Crippen LogP contribution in [0.1, 0.15) is 22.5 Å². The minimum Gasteiger partial charge on any atom is -0.486 e. The Morgan fingerprint density at radius 1 is 1.21 bits per heavy atom. The summed E-state index contributed by atoms with van der Waals surface area (Å²) >= 11 is 4.74. The molecule has 1 amide bonds.